The number of aromatic amines is 1. The summed E-state index contributed by atoms with van der Waals surface area (Å²) in [6, 6.07) is 1.59. The number of anilines is 1. The van der Waals surface area contributed by atoms with Crippen LogP contribution in [0.3, 0.4) is 0 Å². The SMILES string of the molecule is CCC1CN(C(=O)c2cc(N)n[nH]2)CCS1. The second kappa shape index (κ2) is 4.78. The minimum absolute atomic E-state index is 0.00273. The van der Waals surface area contributed by atoms with E-state index in [2.05, 4.69) is 17.1 Å². The van der Waals surface area contributed by atoms with E-state index in [1.54, 1.807) is 6.07 Å². The minimum atomic E-state index is 0.00273. The molecule has 1 saturated heterocycles. The van der Waals surface area contributed by atoms with Gasteiger partial charge in [0.25, 0.3) is 5.91 Å². The Balaban J connectivity index is 2.04. The molecule has 1 aliphatic heterocycles. The molecule has 16 heavy (non-hydrogen) atoms. The number of H-pyrrole nitrogens is 1. The largest absolute Gasteiger partial charge is 0.382 e. The smallest absolute Gasteiger partial charge is 0.272 e. The first kappa shape index (κ1) is 11.3. The Morgan fingerprint density at radius 1 is 1.81 bits per heavy atom. The zero-order chi connectivity index (χ0) is 11.5. The molecule has 1 aromatic heterocycles. The molecule has 1 aromatic rings. The lowest BCUT2D eigenvalue weighted by Gasteiger charge is -2.31. The van der Waals surface area contributed by atoms with Gasteiger partial charge in [0.2, 0.25) is 0 Å². The van der Waals surface area contributed by atoms with Crippen molar-refractivity contribution in [2.75, 3.05) is 24.6 Å². The van der Waals surface area contributed by atoms with Gasteiger partial charge in [-0.2, -0.15) is 16.9 Å². The van der Waals surface area contributed by atoms with Gasteiger partial charge >= 0.3 is 0 Å². The molecule has 1 atom stereocenters. The Morgan fingerprint density at radius 3 is 3.25 bits per heavy atom. The van der Waals surface area contributed by atoms with Gasteiger partial charge in [-0.15, -0.1) is 0 Å². The van der Waals surface area contributed by atoms with Gasteiger partial charge in [0.15, 0.2) is 0 Å². The van der Waals surface area contributed by atoms with Gasteiger partial charge < -0.3 is 10.6 Å². The number of rotatable bonds is 2. The summed E-state index contributed by atoms with van der Waals surface area (Å²) in [5.41, 5.74) is 5.97. The van der Waals surface area contributed by atoms with Crippen LogP contribution in [0.1, 0.15) is 23.8 Å². The number of hydrogen-bond acceptors (Lipinski definition) is 4. The van der Waals surface area contributed by atoms with Crippen LogP contribution in [0.15, 0.2) is 6.07 Å². The number of carbonyl (C=O) groups excluding carboxylic acids is 1. The van der Waals surface area contributed by atoms with E-state index >= 15 is 0 Å². The van der Waals surface area contributed by atoms with E-state index in [9.17, 15) is 4.79 Å². The van der Waals surface area contributed by atoms with Gasteiger partial charge in [-0.05, 0) is 6.42 Å². The van der Waals surface area contributed by atoms with Crippen LogP contribution in [0.25, 0.3) is 0 Å². The average Bonchev–Trinajstić information content (AvgIpc) is 2.75. The van der Waals surface area contributed by atoms with Gasteiger partial charge in [0.05, 0.1) is 0 Å². The van der Waals surface area contributed by atoms with Crippen LogP contribution in [0, 0.1) is 0 Å². The summed E-state index contributed by atoms with van der Waals surface area (Å²) in [7, 11) is 0. The number of nitrogens with zero attached hydrogens (tertiary/aromatic N) is 2. The predicted octanol–water partition coefficient (Wildman–Crippen LogP) is 0.960. The number of hydrogen-bond donors (Lipinski definition) is 2. The summed E-state index contributed by atoms with van der Waals surface area (Å²) in [5, 5.41) is 6.99. The lowest BCUT2D eigenvalue weighted by atomic mass is 10.2. The maximum atomic E-state index is 12.1. The first-order chi connectivity index (χ1) is 7.70. The molecule has 3 N–H and O–H groups in total. The zero-order valence-electron chi connectivity index (χ0n) is 9.27. The molecule has 1 amide bonds. The Hall–Kier alpha value is -1.17. The highest BCUT2D eigenvalue weighted by molar-refractivity contribution is 8.00. The van der Waals surface area contributed by atoms with Crippen LogP contribution >= 0.6 is 11.8 Å². The molecular weight excluding hydrogens is 224 g/mol. The monoisotopic (exact) mass is 240 g/mol. The van der Waals surface area contributed by atoms with Crippen molar-refractivity contribution in [3.05, 3.63) is 11.8 Å². The molecule has 2 rings (SSSR count). The molecule has 1 unspecified atom stereocenters. The van der Waals surface area contributed by atoms with Crippen LogP contribution < -0.4 is 5.73 Å². The molecule has 5 nitrogen and oxygen atoms in total. The molecule has 1 fully saturated rings. The fraction of sp³-hybridized carbons (Fsp3) is 0.600. The van der Waals surface area contributed by atoms with Crippen molar-refractivity contribution in [2.24, 2.45) is 0 Å². The summed E-state index contributed by atoms with van der Waals surface area (Å²) in [5.74, 6) is 1.37. The highest BCUT2D eigenvalue weighted by atomic mass is 32.2. The molecule has 0 bridgehead atoms. The van der Waals surface area contributed by atoms with E-state index in [4.69, 9.17) is 5.73 Å². The van der Waals surface area contributed by atoms with Crippen molar-refractivity contribution in [2.45, 2.75) is 18.6 Å². The Kier molecular flexibility index (Phi) is 3.38. The third kappa shape index (κ3) is 2.32. The summed E-state index contributed by atoms with van der Waals surface area (Å²) in [6.07, 6.45) is 1.10. The molecule has 0 aromatic carbocycles. The van der Waals surface area contributed by atoms with E-state index in [-0.39, 0.29) is 5.91 Å². The van der Waals surface area contributed by atoms with Gasteiger partial charge in [-0.1, -0.05) is 6.92 Å². The molecule has 0 aliphatic carbocycles. The van der Waals surface area contributed by atoms with Crippen molar-refractivity contribution in [1.82, 2.24) is 15.1 Å². The van der Waals surface area contributed by atoms with E-state index < -0.39 is 0 Å². The molecule has 6 heteroatoms. The van der Waals surface area contributed by atoms with E-state index in [0.29, 0.717) is 16.8 Å². The fourth-order valence-corrected chi connectivity index (χ4v) is 2.95. The van der Waals surface area contributed by atoms with Crippen molar-refractivity contribution >= 4 is 23.5 Å². The summed E-state index contributed by atoms with van der Waals surface area (Å²) < 4.78 is 0. The number of nitrogen functional groups attached to an aromatic ring is 1. The summed E-state index contributed by atoms with van der Waals surface area (Å²) in [4.78, 5) is 13.9. The lowest BCUT2D eigenvalue weighted by molar-refractivity contribution is 0.0755. The quantitative estimate of drug-likeness (QED) is 0.807. The van der Waals surface area contributed by atoms with Gasteiger partial charge in [-0.3, -0.25) is 9.89 Å². The molecule has 1 aliphatic rings. The molecule has 0 radical (unpaired) electrons. The third-order valence-corrected chi connectivity index (χ3v) is 4.08. The highest BCUT2D eigenvalue weighted by Crippen LogP contribution is 2.22. The molecule has 0 saturated carbocycles. The van der Waals surface area contributed by atoms with E-state index in [1.807, 2.05) is 16.7 Å². The van der Waals surface area contributed by atoms with Crippen LogP contribution in [-0.4, -0.2) is 45.1 Å². The minimum Gasteiger partial charge on any atom is -0.382 e. The Morgan fingerprint density at radius 2 is 2.62 bits per heavy atom. The van der Waals surface area contributed by atoms with Crippen molar-refractivity contribution in [3.63, 3.8) is 0 Å². The number of amides is 1. The van der Waals surface area contributed by atoms with Crippen LogP contribution in [0.5, 0.6) is 0 Å². The van der Waals surface area contributed by atoms with E-state index in [0.717, 1.165) is 25.3 Å². The summed E-state index contributed by atoms with van der Waals surface area (Å²) in [6.45, 7) is 3.78. The molecule has 0 spiro atoms. The number of thioether (sulfide) groups is 1. The number of aromatic nitrogens is 2. The lowest BCUT2D eigenvalue weighted by Crippen LogP contribution is -2.41. The first-order valence-corrected chi connectivity index (χ1v) is 6.47. The van der Waals surface area contributed by atoms with Crippen molar-refractivity contribution in [3.8, 4) is 0 Å². The fourth-order valence-electron chi connectivity index (χ4n) is 1.77. The molecular formula is C10H16N4OS. The molecule has 2 heterocycles. The van der Waals surface area contributed by atoms with Gasteiger partial charge in [0, 0.05) is 30.2 Å². The maximum absolute atomic E-state index is 12.1. The van der Waals surface area contributed by atoms with Crippen LogP contribution in [0.2, 0.25) is 0 Å². The number of nitrogens with one attached hydrogen (secondary N) is 1. The standard InChI is InChI=1S/C10H16N4OS/c1-2-7-6-14(3-4-16-7)10(15)8-5-9(11)13-12-8/h5,7H,2-4,6H2,1H3,(H3,11,12,13). The predicted molar refractivity (Wildman–Crippen MR) is 65.4 cm³/mol. The summed E-state index contributed by atoms with van der Waals surface area (Å²) >= 11 is 1.94. The number of carbonyl (C=O) groups is 1. The zero-order valence-corrected chi connectivity index (χ0v) is 10.1. The number of nitrogens with two attached hydrogens (primary N) is 1. The topological polar surface area (TPSA) is 75.0 Å². The van der Waals surface area contributed by atoms with Gasteiger partial charge in [-0.25, -0.2) is 0 Å². The molecule has 88 valence electrons. The van der Waals surface area contributed by atoms with Crippen molar-refractivity contribution < 1.29 is 4.79 Å². The van der Waals surface area contributed by atoms with Crippen LogP contribution in [-0.2, 0) is 0 Å². The van der Waals surface area contributed by atoms with Crippen LogP contribution in [0.4, 0.5) is 5.82 Å². The van der Waals surface area contributed by atoms with Crippen molar-refractivity contribution in [1.29, 1.82) is 0 Å². The van der Waals surface area contributed by atoms with E-state index in [1.165, 1.54) is 0 Å². The highest BCUT2D eigenvalue weighted by Gasteiger charge is 2.24. The Labute approximate surface area is 98.8 Å². The third-order valence-electron chi connectivity index (χ3n) is 2.71. The van der Waals surface area contributed by atoms with Gasteiger partial charge in [0.1, 0.15) is 11.5 Å². The maximum Gasteiger partial charge on any atom is 0.272 e. The first-order valence-electron chi connectivity index (χ1n) is 5.42. The Bertz CT molecular complexity index is 379. The second-order valence-corrected chi connectivity index (χ2v) is 5.27. The normalized spacial score (nSPS) is 21.1. The second-order valence-electron chi connectivity index (χ2n) is 3.86. The average molecular weight is 240 g/mol.